The average molecular weight is 238 g/mol. The molecule has 2 nitrogen and oxygen atoms in total. The van der Waals surface area contributed by atoms with Crippen molar-refractivity contribution in [3.63, 3.8) is 0 Å². The average Bonchev–Trinajstić information content (AvgIpc) is 2.59. The summed E-state index contributed by atoms with van der Waals surface area (Å²) < 4.78 is 40.3. The summed E-state index contributed by atoms with van der Waals surface area (Å²) in [6, 6.07) is 3.14. The summed E-state index contributed by atoms with van der Waals surface area (Å²) in [5, 5.41) is 0.472. The summed E-state index contributed by atoms with van der Waals surface area (Å²) in [7, 11) is 0. The first-order chi connectivity index (χ1) is 7.01. The number of alkyl halides is 3. The maximum atomic E-state index is 11.7. The first-order valence-electron chi connectivity index (χ1n) is 4.26. The Hall–Kier alpha value is -1.04. The fourth-order valence-electron chi connectivity index (χ4n) is 0.921. The number of aldehydes is 1. The number of carbonyl (C=O) groups excluding carboxylic acids is 1. The second-order valence-electron chi connectivity index (χ2n) is 2.84. The van der Waals surface area contributed by atoms with Crippen LogP contribution in [0.3, 0.4) is 0 Å². The van der Waals surface area contributed by atoms with Gasteiger partial charge >= 0.3 is 6.18 Å². The maximum Gasteiger partial charge on any atom is 0.389 e. The lowest BCUT2D eigenvalue weighted by molar-refractivity contribution is -0.136. The SMILES string of the molecule is O=Cc1ccc(OCCCC(F)(F)F)s1. The van der Waals surface area contributed by atoms with Crippen molar-refractivity contribution in [3.8, 4) is 5.06 Å². The van der Waals surface area contributed by atoms with Gasteiger partial charge in [0.25, 0.3) is 0 Å². The van der Waals surface area contributed by atoms with Gasteiger partial charge in [0.1, 0.15) is 0 Å². The van der Waals surface area contributed by atoms with Gasteiger partial charge in [-0.1, -0.05) is 11.3 Å². The minimum Gasteiger partial charge on any atom is -0.484 e. The summed E-state index contributed by atoms with van der Waals surface area (Å²) in [5.74, 6) is 0. The number of rotatable bonds is 5. The Kier molecular flexibility index (Phi) is 4.14. The normalized spacial score (nSPS) is 11.4. The van der Waals surface area contributed by atoms with Crippen molar-refractivity contribution in [1.29, 1.82) is 0 Å². The van der Waals surface area contributed by atoms with Crippen molar-refractivity contribution in [3.05, 3.63) is 17.0 Å². The lowest BCUT2D eigenvalue weighted by atomic mass is 10.3. The Labute approximate surface area is 88.7 Å². The van der Waals surface area contributed by atoms with Crippen LogP contribution in [0.4, 0.5) is 13.2 Å². The summed E-state index contributed by atoms with van der Waals surface area (Å²) in [4.78, 5) is 10.8. The topological polar surface area (TPSA) is 26.3 Å². The molecule has 1 aromatic rings. The van der Waals surface area contributed by atoms with Crippen molar-refractivity contribution in [2.24, 2.45) is 0 Å². The Morgan fingerprint density at radius 2 is 2.13 bits per heavy atom. The highest BCUT2D eigenvalue weighted by molar-refractivity contribution is 7.15. The molecular formula is C9H9F3O2S. The molecule has 0 aliphatic rings. The standard InChI is InChI=1S/C9H9F3O2S/c10-9(11,12)4-1-5-14-8-3-2-7(6-13)15-8/h2-3,6H,1,4-5H2. The van der Waals surface area contributed by atoms with Crippen molar-refractivity contribution < 1.29 is 22.7 Å². The predicted octanol–water partition coefficient (Wildman–Crippen LogP) is 3.28. The molecule has 1 rings (SSSR count). The minimum atomic E-state index is -4.13. The molecule has 0 saturated carbocycles. The Bertz CT molecular complexity index is 319. The highest BCUT2D eigenvalue weighted by atomic mass is 32.1. The molecule has 0 fully saturated rings. The van der Waals surface area contributed by atoms with Crippen LogP contribution in [-0.2, 0) is 0 Å². The minimum absolute atomic E-state index is 0.0122. The van der Waals surface area contributed by atoms with E-state index in [0.717, 1.165) is 11.3 Å². The van der Waals surface area contributed by atoms with Gasteiger partial charge in [-0.2, -0.15) is 13.2 Å². The van der Waals surface area contributed by atoms with Gasteiger partial charge in [-0.05, 0) is 18.6 Å². The van der Waals surface area contributed by atoms with Crippen LogP contribution in [0.25, 0.3) is 0 Å². The van der Waals surface area contributed by atoms with E-state index in [1.165, 1.54) is 0 Å². The smallest absolute Gasteiger partial charge is 0.389 e. The Morgan fingerprint density at radius 3 is 2.67 bits per heavy atom. The molecule has 15 heavy (non-hydrogen) atoms. The van der Waals surface area contributed by atoms with Crippen molar-refractivity contribution >= 4 is 17.6 Å². The van der Waals surface area contributed by atoms with E-state index in [2.05, 4.69) is 0 Å². The molecule has 0 spiro atoms. The van der Waals surface area contributed by atoms with Gasteiger partial charge in [-0.25, -0.2) is 0 Å². The molecule has 1 aromatic heterocycles. The zero-order valence-corrected chi connectivity index (χ0v) is 8.53. The molecule has 1 heterocycles. The summed E-state index contributed by atoms with van der Waals surface area (Å²) in [6.45, 7) is 0.0122. The van der Waals surface area contributed by atoms with Crippen LogP contribution in [-0.4, -0.2) is 19.1 Å². The fraction of sp³-hybridized carbons (Fsp3) is 0.444. The molecule has 6 heteroatoms. The molecule has 0 atom stereocenters. The molecule has 0 aliphatic heterocycles. The van der Waals surface area contributed by atoms with Crippen LogP contribution in [0.2, 0.25) is 0 Å². The molecule has 84 valence electrons. The van der Waals surface area contributed by atoms with E-state index < -0.39 is 12.6 Å². The summed E-state index contributed by atoms with van der Waals surface area (Å²) in [5.41, 5.74) is 0. The van der Waals surface area contributed by atoms with Crippen molar-refractivity contribution in [2.75, 3.05) is 6.61 Å². The number of ether oxygens (including phenoxy) is 1. The van der Waals surface area contributed by atoms with E-state index >= 15 is 0 Å². The summed E-state index contributed by atoms with van der Waals surface area (Å²) >= 11 is 1.12. The zero-order valence-electron chi connectivity index (χ0n) is 7.71. The second-order valence-corrected chi connectivity index (χ2v) is 3.92. The van der Waals surface area contributed by atoms with Crippen LogP contribution in [0, 0.1) is 0 Å². The van der Waals surface area contributed by atoms with Gasteiger partial charge in [-0.15, -0.1) is 0 Å². The van der Waals surface area contributed by atoms with Gasteiger partial charge in [0, 0.05) is 6.42 Å². The molecule has 0 saturated heterocycles. The molecule has 0 aliphatic carbocycles. The van der Waals surface area contributed by atoms with E-state index in [0.29, 0.717) is 16.2 Å². The van der Waals surface area contributed by atoms with Crippen LogP contribution in [0.5, 0.6) is 5.06 Å². The largest absolute Gasteiger partial charge is 0.484 e. The lowest BCUT2D eigenvalue weighted by Crippen LogP contribution is -2.09. The molecule has 0 radical (unpaired) electrons. The molecule has 0 aromatic carbocycles. The third kappa shape index (κ3) is 4.83. The van der Waals surface area contributed by atoms with Crippen LogP contribution in [0.15, 0.2) is 12.1 Å². The first-order valence-corrected chi connectivity index (χ1v) is 5.07. The molecule has 0 unspecified atom stereocenters. The van der Waals surface area contributed by atoms with E-state index in [-0.39, 0.29) is 13.0 Å². The van der Waals surface area contributed by atoms with E-state index in [1.54, 1.807) is 12.1 Å². The maximum absolute atomic E-state index is 11.7. The molecule has 0 amide bonds. The zero-order chi connectivity index (χ0) is 11.3. The monoisotopic (exact) mass is 238 g/mol. The number of thiophene rings is 1. The van der Waals surface area contributed by atoms with E-state index in [4.69, 9.17) is 4.74 Å². The first kappa shape index (κ1) is 12.0. The highest BCUT2D eigenvalue weighted by Gasteiger charge is 2.26. The van der Waals surface area contributed by atoms with Gasteiger partial charge in [0.15, 0.2) is 11.3 Å². The van der Waals surface area contributed by atoms with Gasteiger partial charge in [-0.3, -0.25) is 4.79 Å². The molecular weight excluding hydrogens is 229 g/mol. The third-order valence-electron chi connectivity index (χ3n) is 1.57. The van der Waals surface area contributed by atoms with Crippen LogP contribution < -0.4 is 4.74 Å². The van der Waals surface area contributed by atoms with E-state index in [9.17, 15) is 18.0 Å². The van der Waals surface area contributed by atoms with Crippen molar-refractivity contribution in [1.82, 2.24) is 0 Å². The number of hydrogen-bond acceptors (Lipinski definition) is 3. The Balaban J connectivity index is 2.23. The Morgan fingerprint density at radius 1 is 1.40 bits per heavy atom. The summed E-state index contributed by atoms with van der Waals surface area (Å²) in [6.07, 6.45) is -4.38. The van der Waals surface area contributed by atoms with E-state index in [1.807, 2.05) is 0 Å². The second kappa shape index (κ2) is 5.16. The number of hydrogen-bond donors (Lipinski definition) is 0. The van der Waals surface area contributed by atoms with Crippen molar-refractivity contribution in [2.45, 2.75) is 19.0 Å². The quantitative estimate of drug-likeness (QED) is 0.581. The molecule has 0 bridgehead atoms. The van der Waals surface area contributed by atoms with Crippen LogP contribution in [0.1, 0.15) is 22.5 Å². The highest BCUT2D eigenvalue weighted by Crippen LogP contribution is 2.24. The van der Waals surface area contributed by atoms with Gasteiger partial charge in [0.05, 0.1) is 11.5 Å². The van der Waals surface area contributed by atoms with Gasteiger partial charge < -0.3 is 4.74 Å². The van der Waals surface area contributed by atoms with Gasteiger partial charge in [0.2, 0.25) is 0 Å². The lowest BCUT2D eigenvalue weighted by Gasteiger charge is -2.06. The third-order valence-corrected chi connectivity index (χ3v) is 2.49. The number of halogens is 3. The van der Waals surface area contributed by atoms with Crippen LogP contribution >= 0.6 is 11.3 Å². The predicted molar refractivity (Wildman–Crippen MR) is 50.5 cm³/mol. The fourth-order valence-corrected chi connectivity index (χ4v) is 1.62. The number of carbonyl (C=O) groups is 1. The molecule has 0 N–H and O–H groups in total.